The number of hydrogen-bond acceptors (Lipinski definition) is 4. The summed E-state index contributed by atoms with van der Waals surface area (Å²) in [4.78, 5) is 21.7. The maximum Gasteiger partial charge on any atom is 0.319 e. The van der Waals surface area contributed by atoms with Crippen molar-refractivity contribution in [1.82, 2.24) is 10.6 Å². The first-order valence-corrected chi connectivity index (χ1v) is 6.18. The summed E-state index contributed by atoms with van der Waals surface area (Å²) >= 11 is 0. The monoisotopic (exact) mass is 264 g/mol. The molecule has 2 amide bonds. The third-order valence-corrected chi connectivity index (χ3v) is 2.99. The van der Waals surface area contributed by atoms with E-state index in [1.807, 2.05) is 0 Å². The number of hydrogen-bond donors (Lipinski definition) is 3. The van der Waals surface area contributed by atoms with Crippen LogP contribution in [-0.4, -0.2) is 30.1 Å². The molecule has 0 spiro atoms. The SMILES string of the molecule is O=C(NCC1CCCN1)Nc1cccc([N+](=O)[O-])c1. The van der Waals surface area contributed by atoms with E-state index in [2.05, 4.69) is 16.0 Å². The average molecular weight is 264 g/mol. The summed E-state index contributed by atoms with van der Waals surface area (Å²) in [5.74, 6) is 0. The minimum absolute atomic E-state index is 0.0461. The van der Waals surface area contributed by atoms with Crippen LogP contribution >= 0.6 is 0 Å². The van der Waals surface area contributed by atoms with Gasteiger partial charge >= 0.3 is 6.03 Å². The van der Waals surface area contributed by atoms with Crippen LogP contribution in [0.1, 0.15) is 12.8 Å². The van der Waals surface area contributed by atoms with Crippen molar-refractivity contribution in [3.63, 3.8) is 0 Å². The molecule has 0 aliphatic carbocycles. The lowest BCUT2D eigenvalue weighted by Crippen LogP contribution is -2.39. The van der Waals surface area contributed by atoms with Crippen molar-refractivity contribution in [1.29, 1.82) is 0 Å². The van der Waals surface area contributed by atoms with Crippen LogP contribution in [0, 0.1) is 10.1 Å². The number of benzene rings is 1. The zero-order valence-electron chi connectivity index (χ0n) is 10.4. The number of urea groups is 1. The number of non-ortho nitro benzene ring substituents is 1. The van der Waals surface area contributed by atoms with E-state index in [0.29, 0.717) is 18.3 Å². The highest BCUT2D eigenvalue weighted by Crippen LogP contribution is 2.16. The van der Waals surface area contributed by atoms with Gasteiger partial charge in [-0.15, -0.1) is 0 Å². The Morgan fingerprint density at radius 2 is 2.37 bits per heavy atom. The predicted molar refractivity (Wildman–Crippen MR) is 71.1 cm³/mol. The molecule has 1 unspecified atom stereocenters. The van der Waals surface area contributed by atoms with Crippen LogP contribution in [0.2, 0.25) is 0 Å². The van der Waals surface area contributed by atoms with Gasteiger partial charge in [-0.3, -0.25) is 10.1 Å². The van der Waals surface area contributed by atoms with Gasteiger partial charge in [-0.2, -0.15) is 0 Å². The second-order valence-corrected chi connectivity index (χ2v) is 4.44. The van der Waals surface area contributed by atoms with Crippen molar-refractivity contribution >= 4 is 17.4 Å². The normalized spacial score (nSPS) is 18.0. The molecule has 1 fully saturated rings. The van der Waals surface area contributed by atoms with Gasteiger partial charge < -0.3 is 16.0 Å². The first-order valence-electron chi connectivity index (χ1n) is 6.18. The summed E-state index contributed by atoms with van der Waals surface area (Å²) in [5, 5.41) is 19.2. The lowest BCUT2D eigenvalue weighted by atomic mass is 10.2. The van der Waals surface area contributed by atoms with Gasteiger partial charge in [0.1, 0.15) is 0 Å². The van der Waals surface area contributed by atoms with Crippen LogP contribution in [0.15, 0.2) is 24.3 Å². The molecule has 1 atom stereocenters. The Bertz CT molecular complexity index is 472. The quantitative estimate of drug-likeness (QED) is 0.566. The Hall–Kier alpha value is -2.15. The van der Waals surface area contributed by atoms with Crippen molar-refractivity contribution in [2.75, 3.05) is 18.4 Å². The van der Waals surface area contributed by atoms with E-state index in [1.165, 1.54) is 18.2 Å². The zero-order valence-corrected chi connectivity index (χ0v) is 10.4. The Kier molecular flexibility index (Phi) is 4.30. The lowest BCUT2D eigenvalue weighted by Gasteiger charge is -2.12. The number of amides is 2. The Balaban J connectivity index is 1.84. The molecule has 3 N–H and O–H groups in total. The molecule has 7 heteroatoms. The van der Waals surface area contributed by atoms with Gasteiger partial charge in [-0.25, -0.2) is 4.79 Å². The molecule has 1 aromatic rings. The van der Waals surface area contributed by atoms with Gasteiger partial charge in [0.25, 0.3) is 5.69 Å². The summed E-state index contributed by atoms with van der Waals surface area (Å²) in [6.45, 7) is 1.54. The molecule has 7 nitrogen and oxygen atoms in total. The summed E-state index contributed by atoms with van der Waals surface area (Å²) in [5.41, 5.74) is 0.362. The number of carbonyl (C=O) groups excluding carboxylic acids is 1. The highest BCUT2D eigenvalue weighted by atomic mass is 16.6. The standard InChI is InChI=1S/C12H16N4O3/c17-12(14-8-10-4-2-6-13-10)15-9-3-1-5-11(7-9)16(18)19/h1,3,5,7,10,13H,2,4,6,8H2,(H2,14,15,17). The molecule has 0 radical (unpaired) electrons. The van der Waals surface area contributed by atoms with E-state index >= 15 is 0 Å². The molecule has 1 aliphatic rings. The Morgan fingerprint density at radius 3 is 3.05 bits per heavy atom. The molecule has 1 aromatic carbocycles. The molecule has 0 saturated carbocycles. The molecular formula is C12H16N4O3. The Labute approximate surface area is 110 Å². The molecule has 1 aliphatic heterocycles. The largest absolute Gasteiger partial charge is 0.336 e. The first-order chi connectivity index (χ1) is 9.15. The molecule has 0 bridgehead atoms. The number of anilines is 1. The van der Waals surface area contributed by atoms with E-state index in [9.17, 15) is 14.9 Å². The van der Waals surface area contributed by atoms with Crippen molar-refractivity contribution in [3.8, 4) is 0 Å². The van der Waals surface area contributed by atoms with Gasteiger partial charge in [0, 0.05) is 30.4 Å². The highest BCUT2D eigenvalue weighted by molar-refractivity contribution is 5.89. The van der Waals surface area contributed by atoms with Crippen molar-refractivity contribution in [2.45, 2.75) is 18.9 Å². The van der Waals surface area contributed by atoms with Crippen LogP contribution in [0.4, 0.5) is 16.2 Å². The minimum Gasteiger partial charge on any atom is -0.336 e. The van der Waals surface area contributed by atoms with Crippen LogP contribution in [-0.2, 0) is 0 Å². The number of nitrogens with zero attached hydrogens (tertiary/aromatic N) is 1. The number of nitro groups is 1. The van der Waals surface area contributed by atoms with Crippen molar-refractivity contribution < 1.29 is 9.72 Å². The summed E-state index contributed by atoms with van der Waals surface area (Å²) in [7, 11) is 0. The molecule has 2 rings (SSSR count). The number of nitrogens with one attached hydrogen (secondary N) is 3. The van der Waals surface area contributed by atoms with E-state index in [-0.39, 0.29) is 11.7 Å². The maximum absolute atomic E-state index is 11.6. The molecular weight excluding hydrogens is 248 g/mol. The smallest absolute Gasteiger partial charge is 0.319 e. The van der Waals surface area contributed by atoms with Crippen LogP contribution < -0.4 is 16.0 Å². The van der Waals surface area contributed by atoms with Gasteiger partial charge in [-0.05, 0) is 25.5 Å². The third-order valence-electron chi connectivity index (χ3n) is 2.99. The van der Waals surface area contributed by atoms with Gasteiger partial charge in [0.05, 0.1) is 4.92 Å². The van der Waals surface area contributed by atoms with Crippen molar-refractivity contribution in [3.05, 3.63) is 34.4 Å². The molecule has 19 heavy (non-hydrogen) atoms. The predicted octanol–water partition coefficient (Wildman–Crippen LogP) is 1.47. The van der Waals surface area contributed by atoms with Gasteiger partial charge in [0.15, 0.2) is 0 Å². The number of nitro benzene ring substituents is 1. The lowest BCUT2D eigenvalue weighted by molar-refractivity contribution is -0.384. The fourth-order valence-corrected chi connectivity index (χ4v) is 2.02. The summed E-state index contributed by atoms with van der Waals surface area (Å²) < 4.78 is 0. The Morgan fingerprint density at radius 1 is 1.53 bits per heavy atom. The fourth-order valence-electron chi connectivity index (χ4n) is 2.02. The second kappa shape index (κ2) is 6.14. The van der Waals surface area contributed by atoms with Crippen LogP contribution in [0.25, 0.3) is 0 Å². The van der Waals surface area contributed by atoms with E-state index < -0.39 is 4.92 Å². The van der Waals surface area contributed by atoms with Crippen molar-refractivity contribution in [2.24, 2.45) is 0 Å². The van der Waals surface area contributed by atoms with E-state index in [1.54, 1.807) is 6.07 Å². The molecule has 0 aromatic heterocycles. The summed E-state index contributed by atoms with van der Waals surface area (Å²) in [6.07, 6.45) is 2.18. The van der Waals surface area contributed by atoms with Gasteiger partial charge in [0.2, 0.25) is 0 Å². The van der Waals surface area contributed by atoms with Gasteiger partial charge in [-0.1, -0.05) is 6.07 Å². The molecule has 1 heterocycles. The highest BCUT2D eigenvalue weighted by Gasteiger charge is 2.14. The fraction of sp³-hybridized carbons (Fsp3) is 0.417. The topological polar surface area (TPSA) is 96.3 Å². The maximum atomic E-state index is 11.6. The molecule has 102 valence electrons. The zero-order chi connectivity index (χ0) is 13.7. The average Bonchev–Trinajstić information content (AvgIpc) is 2.90. The number of rotatable bonds is 4. The summed E-state index contributed by atoms with van der Waals surface area (Å²) in [6, 6.07) is 5.82. The van der Waals surface area contributed by atoms with Crippen LogP contribution in [0.5, 0.6) is 0 Å². The molecule has 1 saturated heterocycles. The van der Waals surface area contributed by atoms with Crippen LogP contribution in [0.3, 0.4) is 0 Å². The van der Waals surface area contributed by atoms with E-state index in [4.69, 9.17) is 0 Å². The third kappa shape index (κ3) is 3.92. The van der Waals surface area contributed by atoms with E-state index in [0.717, 1.165) is 19.4 Å². The number of carbonyl (C=O) groups is 1. The second-order valence-electron chi connectivity index (χ2n) is 4.44. The minimum atomic E-state index is -0.495. The first kappa shape index (κ1) is 13.3.